The molecule has 0 aliphatic rings. The molecular weight excluding hydrogens is 287 g/mol. The van der Waals surface area contributed by atoms with Crippen LogP contribution < -0.4 is 10.7 Å². The van der Waals surface area contributed by atoms with Crippen LogP contribution in [0.15, 0.2) is 41.5 Å². The summed E-state index contributed by atoms with van der Waals surface area (Å²) in [4.78, 5) is 0. The molecule has 1 aromatic rings. The Labute approximate surface area is 120 Å². The third-order valence-electron chi connectivity index (χ3n) is 2.14. The summed E-state index contributed by atoms with van der Waals surface area (Å²) in [5.41, 5.74) is 3.02. The molecule has 0 atom stereocenters. The molecule has 0 fully saturated rings. The number of halogens is 3. The molecule has 108 valence electrons. The SMILES string of the molecule is C=C(C)CNC(=S)NN=Cc1cccc(C(F)(F)F)c1. The van der Waals surface area contributed by atoms with Crippen molar-refractivity contribution in [2.45, 2.75) is 13.1 Å². The molecule has 0 aromatic heterocycles. The topological polar surface area (TPSA) is 36.4 Å². The van der Waals surface area contributed by atoms with Crippen LogP contribution in [0.1, 0.15) is 18.1 Å². The van der Waals surface area contributed by atoms with Crippen LogP contribution in [0.4, 0.5) is 13.2 Å². The van der Waals surface area contributed by atoms with Gasteiger partial charge in [-0.2, -0.15) is 18.3 Å². The number of alkyl halides is 3. The summed E-state index contributed by atoms with van der Waals surface area (Å²) < 4.78 is 37.5. The van der Waals surface area contributed by atoms with Gasteiger partial charge in [-0.3, -0.25) is 5.43 Å². The molecule has 0 aliphatic heterocycles. The van der Waals surface area contributed by atoms with Gasteiger partial charge in [-0.1, -0.05) is 24.3 Å². The summed E-state index contributed by atoms with van der Waals surface area (Å²) in [5.74, 6) is 0. The Kier molecular flexibility index (Phi) is 5.69. The van der Waals surface area contributed by atoms with E-state index in [1.54, 1.807) is 0 Å². The summed E-state index contributed by atoms with van der Waals surface area (Å²) in [6, 6.07) is 4.85. The average molecular weight is 301 g/mol. The number of nitrogens with zero attached hydrogens (tertiary/aromatic N) is 1. The van der Waals surface area contributed by atoms with Gasteiger partial charge in [0.15, 0.2) is 5.11 Å². The molecule has 2 N–H and O–H groups in total. The molecule has 0 saturated carbocycles. The van der Waals surface area contributed by atoms with Crippen molar-refractivity contribution in [1.82, 2.24) is 10.7 Å². The number of hydrogen-bond acceptors (Lipinski definition) is 2. The van der Waals surface area contributed by atoms with Crippen molar-refractivity contribution in [1.29, 1.82) is 0 Å². The van der Waals surface area contributed by atoms with E-state index in [9.17, 15) is 13.2 Å². The fraction of sp³-hybridized carbons (Fsp3) is 0.231. The molecule has 0 unspecified atom stereocenters. The Morgan fingerprint density at radius 2 is 2.15 bits per heavy atom. The maximum atomic E-state index is 12.5. The van der Waals surface area contributed by atoms with Gasteiger partial charge >= 0.3 is 6.18 Å². The minimum Gasteiger partial charge on any atom is -0.358 e. The highest BCUT2D eigenvalue weighted by Crippen LogP contribution is 2.29. The van der Waals surface area contributed by atoms with E-state index in [0.717, 1.165) is 17.7 Å². The minimum atomic E-state index is -4.37. The number of nitrogens with one attached hydrogen (secondary N) is 2. The fourth-order valence-electron chi connectivity index (χ4n) is 1.23. The summed E-state index contributed by atoms with van der Waals surface area (Å²) in [7, 11) is 0. The van der Waals surface area contributed by atoms with Crippen LogP contribution in [0.5, 0.6) is 0 Å². The highest BCUT2D eigenvalue weighted by molar-refractivity contribution is 7.80. The van der Waals surface area contributed by atoms with Gasteiger partial charge in [-0.05, 0) is 36.8 Å². The van der Waals surface area contributed by atoms with Crippen molar-refractivity contribution in [3.8, 4) is 0 Å². The largest absolute Gasteiger partial charge is 0.416 e. The minimum absolute atomic E-state index is 0.274. The van der Waals surface area contributed by atoms with Crippen LogP contribution in [-0.2, 0) is 6.18 Å². The number of thiocarbonyl (C=S) groups is 1. The molecule has 20 heavy (non-hydrogen) atoms. The van der Waals surface area contributed by atoms with Crippen molar-refractivity contribution < 1.29 is 13.2 Å². The first-order chi connectivity index (χ1) is 9.29. The highest BCUT2D eigenvalue weighted by Gasteiger charge is 2.30. The molecule has 0 aliphatic carbocycles. The number of hydrogen-bond donors (Lipinski definition) is 2. The predicted molar refractivity (Wildman–Crippen MR) is 77.6 cm³/mol. The smallest absolute Gasteiger partial charge is 0.358 e. The van der Waals surface area contributed by atoms with Crippen LogP contribution in [0, 0.1) is 0 Å². The van der Waals surface area contributed by atoms with Gasteiger partial charge in [0.2, 0.25) is 0 Å². The van der Waals surface area contributed by atoms with Gasteiger partial charge in [-0.15, -0.1) is 0 Å². The molecular formula is C13H14F3N3S. The first kappa shape index (κ1) is 16.2. The lowest BCUT2D eigenvalue weighted by Crippen LogP contribution is -2.32. The first-order valence-corrected chi connectivity index (χ1v) is 6.08. The second-order valence-corrected chi connectivity index (χ2v) is 4.54. The van der Waals surface area contributed by atoms with Crippen molar-refractivity contribution in [2.24, 2.45) is 5.10 Å². The van der Waals surface area contributed by atoms with Crippen molar-refractivity contribution in [2.75, 3.05) is 6.54 Å². The van der Waals surface area contributed by atoms with Crippen molar-refractivity contribution in [3.63, 3.8) is 0 Å². The van der Waals surface area contributed by atoms with Crippen LogP contribution in [-0.4, -0.2) is 17.9 Å². The quantitative estimate of drug-likeness (QED) is 0.388. The second-order valence-electron chi connectivity index (χ2n) is 4.13. The second kappa shape index (κ2) is 7.04. The highest BCUT2D eigenvalue weighted by atomic mass is 32.1. The van der Waals surface area contributed by atoms with E-state index < -0.39 is 11.7 Å². The molecule has 1 aromatic carbocycles. The molecule has 0 saturated heterocycles. The van der Waals surface area contributed by atoms with E-state index in [4.69, 9.17) is 12.2 Å². The van der Waals surface area contributed by atoms with Crippen LogP contribution in [0.2, 0.25) is 0 Å². The fourth-order valence-corrected chi connectivity index (χ4v) is 1.36. The Morgan fingerprint density at radius 3 is 2.75 bits per heavy atom. The first-order valence-electron chi connectivity index (χ1n) is 5.67. The Balaban J connectivity index is 2.58. The van der Waals surface area contributed by atoms with Gasteiger partial charge in [0.05, 0.1) is 11.8 Å². The van der Waals surface area contributed by atoms with Crippen molar-refractivity contribution >= 4 is 23.5 Å². The number of benzene rings is 1. The monoisotopic (exact) mass is 301 g/mol. The molecule has 0 spiro atoms. The van der Waals surface area contributed by atoms with E-state index in [1.807, 2.05) is 6.92 Å². The zero-order valence-corrected chi connectivity index (χ0v) is 11.6. The van der Waals surface area contributed by atoms with E-state index in [-0.39, 0.29) is 5.11 Å². The molecule has 0 bridgehead atoms. The predicted octanol–water partition coefficient (Wildman–Crippen LogP) is 3.08. The summed E-state index contributed by atoms with van der Waals surface area (Å²) >= 11 is 4.92. The number of rotatable bonds is 4. The van der Waals surface area contributed by atoms with E-state index in [0.29, 0.717) is 12.1 Å². The third-order valence-corrected chi connectivity index (χ3v) is 2.38. The Bertz CT molecular complexity index is 524. The molecule has 1 rings (SSSR count). The maximum absolute atomic E-state index is 12.5. The summed E-state index contributed by atoms with van der Waals surface area (Å²) in [5, 5.41) is 6.87. The molecule has 7 heteroatoms. The van der Waals surface area contributed by atoms with Gasteiger partial charge in [-0.25, -0.2) is 0 Å². The lowest BCUT2D eigenvalue weighted by Gasteiger charge is -2.07. The van der Waals surface area contributed by atoms with Gasteiger partial charge < -0.3 is 5.32 Å². The van der Waals surface area contributed by atoms with E-state index in [2.05, 4.69) is 22.4 Å². The molecule has 0 amide bonds. The van der Waals surface area contributed by atoms with Gasteiger partial charge in [0, 0.05) is 6.54 Å². The third kappa shape index (κ3) is 5.83. The lowest BCUT2D eigenvalue weighted by atomic mass is 10.1. The van der Waals surface area contributed by atoms with Crippen LogP contribution in [0.25, 0.3) is 0 Å². The lowest BCUT2D eigenvalue weighted by molar-refractivity contribution is -0.137. The molecule has 3 nitrogen and oxygen atoms in total. The zero-order valence-electron chi connectivity index (χ0n) is 10.8. The summed E-state index contributed by atoms with van der Waals surface area (Å²) in [6.45, 7) is 6.03. The van der Waals surface area contributed by atoms with E-state index >= 15 is 0 Å². The van der Waals surface area contributed by atoms with Gasteiger partial charge in [0.1, 0.15) is 0 Å². The summed E-state index contributed by atoms with van der Waals surface area (Å²) in [6.07, 6.45) is -3.10. The molecule has 0 heterocycles. The Hall–Kier alpha value is -1.89. The maximum Gasteiger partial charge on any atom is 0.416 e. The zero-order chi connectivity index (χ0) is 15.2. The average Bonchev–Trinajstić information content (AvgIpc) is 2.36. The van der Waals surface area contributed by atoms with E-state index in [1.165, 1.54) is 18.3 Å². The molecule has 0 radical (unpaired) electrons. The van der Waals surface area contributed by atoms with Crippen LogP contribution in [0.3, 0.4) is 0 Å². The van der Waals surface area contributed by atoms with Crippen molar-refractivity contribution in [3.05, 3.63) is 47.5 Å². The van der Waals surface area contributed by atoms with Crippen LogP contribution >= 0.6 is 12.2 Å². The van der Waals surface area contributed by atoms with Gasteiger partial charge in [0.25, 0.3) is 0 Å². The number of hydrazone groups is 1. The normalized spacial score (nSPS) is 11.4. The Morgan fingerprint density at radius 1 is 1.45 bits per heavy atom. The standard InChI is InChI=1S/C13H14F3N3S/c1-9(2)7-17-12(20)19-18-8-10-4-3-5-11(6-10)13(14,15)16/h3-6,8H,1,7H2,2H3,(H2,17,19,20).